The molecular weight excluding hydrogens is 440 g/mol. The van der Waals surface area contributed by atoms with Crippen molar-refractivity contribution in [1.29, 1.82) is 0 Å². The van der Waals surface area contributed by atoms with E-state index in [-0.39, 0.29) is 35.0 Å². The van der Waals surface area contributed by atoms with E-state index >= 15 is 0 Å². The number of hydrogen-bond donors (Lipinski definition) is 2. The van der Waals surface area contributed by atoms with Gasteiger partial charge in [0.15, 0.2) is 0 Å². The SMILES string of the molecule is CC(=O)Nc1ccc(C2=C(Nc3ccc(C(C)(C)C)cc3)C(=O)N(Cc3cccnc3)C2=O)cc1. The molecule has 1 aliphatic rings. The van der Waals surface area contributed by atoms with Crippen molar-refractivity contribution in [2.75, 3.05) is 10.6 Å². The molecule has 7 nitrogen and oxygen atoms in total. The van der Waals surface area contributed by atoms with E-state index in [2.05, 4.69) is 36.4 Å². The molecule has 0 saturated carbocycles. The molecule has 178 valence electrons. The van der Waals surface area contributed by atoms with Crippen LogP contribution in [0.2, 0.25) is 0 Å². The molecule has 3 amide bonds. The normalized spacial score (nSPS) is 13.9. The molecule has 1 aromatic heterocycles. The molecule has 2 aromatic carbocycles. The van der Waals surface area contributed by atoms with Gasteiger partial charge in [-0.3, -0.25) is 24.3 Å². The molecule has 4 rings (SSSR count). The van der Waals surface area contributed by atoms with E-state index in [1.165, 1.54) is 11.8 Å². The number of rotatable bonds is 6. The molecule has 1 aliphatic heterocycles. The quantitative estimate of drug-likeness (QED) is 0.511. The van der Waals surface area contributed by atoms with Crippen molar-refractivity contribution in [1.82, 2.24) is 9.88 Å². The predicted octanol–water partition coefficient (Wildman–Crippen LogP) is 4.73. The minimum Gasteiger partial charge on any atom is -0.350 e. The monoisotopic (exact) mass is 468 g/mol. The Hall–Kier alpha value is -4.26. The zero-order chi connectivity index (χ0) is 25.2. The molecule has 0 aliphatic carbocycles. The zero-order valence-electron chi connectivity index (χ0n) is 20.3. The Bertz CT molecular complexity index is 1290. The molecule has 3 aromatic rings. The van der Waals surface area contributed by atoms with Gasteiger partial charge in [-0.2, -0.15) is 0 Å². The van der Waals surface area contributed by atoms with Crippen LogP contribution in [0.5, 0.6) is 0 Å². The van der Waals surface area contributed by atoms with Crippen molar-refractivity contribution in [2.45, 2.75) is 39.7 Å². The van der Waals surface area contributed by atoms with Gasteiger partial charge in [-0.05, 0) is 52.4 Å². The largest absolute Gasteiger partial charge is 0.350 e. The van der Waals surface area contributed by atoms with E-state index in [1.54, 1.807) is 42.7 Å². The number of anilines is 2. The third-order valence-electron chi connectivity index (χ3n) is 5.75. The summed E-state index contributed by atoms with van der Waals surface area (Å²) in [4.78, 5) is 43.6. The zero-order valence-corrected chi connectivity index (χ0v) is 20.3. The average Bonchev–Trinajstić information content (AvgIpc) is 3.04. The summed E-state index contributed by atoms with van der Waals surface area (Å²) in [5, 5.41) is 5.91. The van der Waals surface area contributed by atoms with Crippen molar-refractivity contribution in [3.63, 3.8) is 0 Å². The first kappa shape index (κ1) is 23.9. The highest BCUT2D eigenvalue weighted by Crippen LogP contribution is 2.32. The first-order chi connectivity index (χ1) is 16.6. The minimum absolute atomic E-state index is 0.00171. The van der Waals surface area contributed by atoms with Crippen LogP contribution in [0.3, 0.4) is 0 Å². The summed E-state index contributed by atoms with van der Waals surface area (Å²) in [6.07, 6.45) is 3.28. The summed E-state index contributed by atoms with van der Waals surface area (Å²) in [6.45, 7) is 7.95. The van der Waals surface area contributed by atoms with E-state index in [1.807, 2.05) is 30.3 Å². The molecule has 0 atom stereocenters. The molecule has 0 unspecified atom stereocenters. The van der Waals surface area contributed by atoms with Gasteiger partial charge in [0.25, 0.3) is 11.8 Å². The summed E-state index contributed by atoms with van der Waals surface area (Å²) in [5.74, 6) is -0.979. The Balaban J connectivity index is 1.70. The number of amides is 3. The number of carbonyl (C=O) groups is 3. The lowest BCUT2D eigenvalue weighted by atomic mass is 9.87. The maximum atomic E-state index is 13.5. The highest BCUT2D eigenvalue weighted by Gasteiger charge is 2.39. The average molecular weight is 469 g/mol. The van der Waals surface area contributed by atoms with Gasteiger partial charge in [0, 0.05) is 30.7 Å². The number of carbonyl (C=O) groups excluding carboxylic acids is 3. The van der Waals surface area contributed by atoms with Crippen molar-refractivity contribution >= 4 is 34.7 Å². The van der Waals surface area contributed by atoms with Crippen molar-refractivity contribution in [2.24, 2.45) is 0 Å². The molecule has 35 heavy (non-hydrogen) atoms. The van der Waals surface area contributed by atoms with Crippen molar-refractivity contribution in [3.8, 4) is 0 Å². The van der Waals surface area contributed by atoms with Gasteiger partial charge < -0.3 is 10.6 Å². The van der Waals surface area contributed by atoms with Crippen LogP contribution >= 0.6 is 0 Å². The fraction of sp³-hybridized carbons (Fsp3) is 0.214. The number of benzene rings is 2. The second kappa shape index (κ2) is 9.54. The second-order valence-corrected chi connectivity index (χ2v) is 9.52. The Morgan fingerprint density at radius 1 is 0.914 bits per heavy atom. The van der Waals surface area contributed by atoms with Crippen LogP contribution in [0.4, 0.5) is 11.4 Å². The minimum atomic E-state index is -0.403. The van der Waals surface area contributed by atoms with Gasteiger partial charge in [-0.25, -0.2) is 0 Å². The van der Waals surface area contributed by atoms with Gasteiger partial charge in [0.1, 0.15) is 5.70 Å². The number of hydrogen-bond acceptors (Lipinski definition) is 5. The van der Waals surface area contributed by atoms with E-state index in [4.69, 9.17) is 0 Å². The second-order valence-electron chi connectivity index (χ2n) is 9.52. The first-order valence-electron chi connectivity index (χ1n) is 11.4. The van der Waals surface area contributed by atoms with Crippen LogP contribution in [0, 0.1) is 0 Å². The number of nitrogens with zero attached hydrogens (tertiary/aromatic N) is 2. The Kier molecular flexibility index (Phi) is 6.51. The maximum Gasteiger partial charge on any atom is 0.278 e. The summed E-state index contributed by atoms with van der Waals surface area (Å²) in [5.41, 5.74) is 4.33. The van der Waals surface area contributed by atoms with Crippen molar-refractivity contribution < 1.29 is 14.4 Å². The molecule has 7 heteroatoms. The van der Waals surface area contributed by atoms with E-state index in [0.29, 0.717) is 16.9 Å². The van der Waals surface area contributed by atoms with Crippen LogP contribution in [0.15, 0.2) is 78.8 Å². The molecular formula is C28H28N4O3. The smallest absolute Gasteiger partial charge is 0.278 e. The lowest BCUT2D eigenvalue weighted by Gasteiger charge is -2.19. The standard InChI is InChI=1S/C28H28N4O3/c1-18(33)30-22-11-7-20(8-12-22)24-25(31-23-13-9-21(10-14-23)28(2,3)4)27(35)32(26(24)34)17-19-6-5-15-29-16-19/h5-16,31H,17H2,1-4H3,(H,30,33). The fourth-order valence-corrected chi connectivity index (χ4v) is 3.90. The first-order valence-corrected chi connectivity index (χ1v) is 11.4. The topological polar surface area (TPSA) is 91.4 Å². The molecule has 0 spiro atoms. The van der Waals surface area contributed by atoms with E-state index in [9.17, 15) is 14.4 Å². The summed E-state index contributed by atoms with van der Waals surface area (Å²) in [7, 11) is 0. The maximum absolute atomic E-state index is 13.5. The van der Waals surface area contributed by atoms with Crippen LogP contribution in [-0.2, 0) is 26.3 Å². The molecule has 0 radical (unpaired) electrons. The molecule has 0 bridgehead atoms. The van der Waals surface area contributed by atoms with E-state index in [0.717, 1.165) is 11.1 Å². The molecule has 2 N–H and O–H groups in total. The van der Waals surface area contributed by atoms with E-state index < -0.39 is 5.91 Å². The summed E-state index contributed by atoms with van der Waals surface area (Å²) in [6, 6.07) is 18.3. The number of pyridine rings is 1. The van der Waals surface area contributed by atoms with Crippen LogP contribution in [-0.4, -0.2) is 27.6 Å². The number of nitrogens with one attached hydrogen (secondary N) is 2. The lowest BCUT2D eigenvalue weighted by molar-refractivity contribution is -0.137. The highest BCUT2D eigenvalue weighted by molar-refractivity contribution is 6.36. The summed E-state index contributed by atoms with van der Waals surface area (Å²) < 4.78 is 0. The molecule has 2 heterocycles. The Labute approximate surface area is 204 Å². The Morgan fingerprint density at radius 3 is 2.14 bits per heavy atom. The van der Waals surface area contributed by atoms with Crippen LogP contribution < -0.4 is 10.6 Å². The van der Waals surface area contributed by atoms with Gasteiger partial charge in [0.2, 0.25) is 5.91 Å². The predicted molar refractivity (Wildman–Crippen MR) is 136 cm³/mol. The van der Waals surface area contributed by atoms with Gasteiger partial charge in [0.05, 0.1) is 12.1 Å². The Morgan fingerprint density at radius 2 is 1.57 bits per heavy atom. The van der Waals surface area contributed by atoms with Gasteiger partial charge in [-0.15, -0.1) is 0 Å². The summed E-state index contributed by atoms with van der Waals surface area (Å²) >= 11 is 0. The number of imide groups is 1. The van der Waals surface area contributed by atoms with Crippen molar-refractivity contribution in [3.05, 3.63) is 95.4 Å². The third kappa shape index (κ3) is 5.30. The number of aromatic nitrogens is 1. The van der Waals surface area contributed by atoms with Gasteiger partial charge in [-0.1, -0.05) is 51.1 Å². The van der Waals surface area contributed by atoms with Gasteiger partial charge >= 0.3 is 0 Å². The van der Waals surface area contributed by atoms with Crippen LogP contribution in [0.25, 0.3) is 5.57 Å². The lowest BCUT2D eigenvalue weighted by Crippen LogP contribution is -2.32. The highest BCUT2D eigenvalue weighted by atomic mass is 16.2. The third-order valence-corrected chi connectivity index (χ3v) is 5.75. The van der Waals surface area contributed by atoms with Crippen LogP contribution in [0.1, 0.15) is 44.4 Å². The molecule has 0 saturated heterocycles. The molecule has 0 fully saturated rings. The fourth-order valence-electron chi connectivity index (χ4n) is 3.90.